The highest BCUT2D eigenvalue weighted by atomic mass is 16.3. The van der Waals surface area contributed by atoms with E-state index in [-0.39, 0.29) is 6.10 Å². The lowest BCUT2D eigenvalue weighted by molar-refractivity contribution is 0.0321. The SMILES string of the molecule is C[C@H](CCCC(C)(C)C)[C@H]1CCC2C3=CC=C4C[C@@H](O)CC[C@]4(C)C3CC[C@@]21C. The average molecular weight is 399 g/mol. The normalized spacial score (nSPS) is 43.0. The van der Waals surface area contributed by atoms with E-state index < -0.39 is 0 Å². The molecule has 0 aromatic carbocycles. The molecular weight excluding hydrogens is 352 g/mol. The van der Waals surface area contributed by atoms with Crippen LogP contribution in [0.25, 0.3) is 0 Å². The molecule has 0 bridgehead atoms. The maximum absolute atomic E-state index is 10.2. The van der Waals surface area contributed by atoms with Gasteiger partial charge in [-0.2, -0.15) is 0 Å². The van der Waals surface area contributed by atoms with Gasteiger partial charge in [0.05, 0.1) is 6.10 Å². The van der Waals surface area contributed by atoms with Gasteiger partial charge in [0.15, 0.2) is 0 Å². The van der Waals surface area contributed by atoms with Gasteiger partial charge in [0.1, 0.15) is 0 Å². The first-order chi connectivity index (χ1) is 13.5. The Kier molecular flexibility index (Phi) is 5.63. The molecule has 3 fully saturated rings. The second-order valence-electron chi connectivity index (χ2n) is 12.9. The van der Waals surface area contributed by atoms with Crippen molar-refractivity contribution < 1.29 is 5.11 Å². The number of aliphatic hydroxyl groups is 1. The summed E-state index contributed by atoms with van der Waals surface area (Å²) in [5, 5.41) is 10.2. The zero-order chi connectivity index (χ0) is 21.0. The fraction of sp³-hybridized carbons (Fsp3) is 0.857. The van der Waals surface area contributed by atoms with Gasteiger partial charge in [-0.15, -0.1) is 0 Å². The molecule has 4 aliphatic carbocycles. The maximum Gasteiger partial charge on any atom is 0.0578 e. The minimum atomic E-state index is -0.108. The van der Waals surface area contributed by atoms with Crippen molar-refractivity contribution in [3.05, 3.63) is 23.3 Å². The van der Waals surface area contributed by atoms with E-state index in [0.29, 0.717) is 16.2 Å². The van der Waals surface area contributed by atoms with Gasteiger partial charge in [0.2, 0.25) is 0 Å². The molecule has 0 heterocycles. The summed E-state index contributed by atoms with van der Waals surface area (Å²) in [6.45, 7) is 14.9. The van der Waals surface area contributed by atoms with Crippen LogP contribution in [0.1, 0.15) is 106 Å². The Balaban J connectivity index is 1.51. The Morgan fingerprint density at radius 1 is 1.03 bits per heavy atom. The Morgan fingerprint density at radius 3 is 2.52 bits per heavy atom. The first-order valence-electron chi connectivity index (χ1n) is 12.6. The van der Waals surface area contributed by atoms with Crippen LogP contribution in [0.15, 0.2) is 23.3 Å². The molecule has 7 atom stereocenters. The first-order valence-corrected chi connectivity index (χ1v) is 12.6. The van der Waals surface area contributed by atoms with Crippen LogP contribution in [-0.2, 0) is 0 Å². The quantitative estimate of drug-likeness (QED) is 0.514. The number of hydrogen-bond acceptors (Lipinski definition) is 1. The lowest BCUT2D eigenvalue weighted by Crippen LogP contribution is -2.46. The molecule has 0 aliphatic heterocycles. The molecule has 2 unspecified atom stereocenters. The molecule has 3 saturated carbocycles. The molecule has 29 heavy (non-hydrogen) atoms. The first kappa shape index (κ1) is 21.7. The summed E-state index contributed by atoms with van der Waals surface area (Å²) in [4.78, 5) is 0. The fourth-order valence-electron chi connectivity index (χ4n) is 8.11. The zero-order valence-electron chi connectivity index (χ0n) is 20.1. The number of hydrogen-bond donors (Lipinski definition) is 1. The molecule has 164 valence electrons. The van der Waals surface area contributed by atoms with Crippen LogP contribution in [0, 0.1) is 39.9 Å². The van der Waals surface area contributed by atoms with Crippen molar-refractivity contribution in [1.82, 2.24) is 0 Å². The molecule has 4 rings (SSSR count). The third-order valence-corrected chi connectivity index (χ3v) is 9.89. The fourth-order valence-corrected chi connectivity index (χ4v) is 8.11. The topological polar surface area (TPSA) is 20.2 Å². The van der Waals surface area contributed by atoms with E-state index >= 15 is 0 Å². The summed E-state index contributed by atoms with van der Waals surface area (Å²) in [6, 6.07) is 0. The zero-order valence-corrected chi connectivity index (χ0v) is 20.1. The van der Waals surface area contributed by atoms with Crippen molar-refractivity contribution in [2.24, 2.45) is 39.9 Å². The molecule has 0 spiro atoms. The van der Waals surface area contributed by atoms with E-state index in [9.17, 15) is 5.11 Å². The minimum absolute atomic E-state index is 0.108. The second-order valence-corrected chi connectivity index (χ2v) is 12.9. The van der Waals surface area contributed by atoms with Gasteiger partial charge in [-0.1, -0.05) is 77.7 Å². The molecule has 0 saturated heterocycles. The summed E-state index contributed by atoms with van der Waals surface area (Å²) in [5.41, 5.74) is 4.64. The monoisotopic (exact) mass is 398 g/mol. The van der Waals surface area contributed by atoms with Crippen molar-refractivity contribution in [3.63, 3.8) is 0 Å². The molecule has 1 N–H and O–H groups in total. The largest absolute Gasteiger partial charge is 0.393 e. The van der Waals surface area contributed by atoms with Gasteiger partial charge in [-0.3, -0.25) is 0 Å². The van der Waals surface area contributed by atoms with Crippen LogP contribution in [0.5, 0.6) is 0 Å². The highest BCUT2D eigenvalue weighted by Crippen LogP contribution is 2.66. The van der Waals surface area contributed by atoms with Crippen LogP contribution in [-0.4, -0.2) is 11.2 Å². The van der Waals surface area contributed by atoms with Crippen LogP contribution in [0.4, 0.5) is 0 Å². The molecular formula is C28H46O. The van der Waals surface area contributed by atoms with E-state index in [2.05, 4.69) is 53.7 Å². The number of rotatable bonds is 4. The van der Waals surface area contributed by atoms with Gasteiger partial charge in [0.25, 0.3) is 0 Å². The van der Waals surface area contributed by atoms with E-state index in [1.54, 1.807) is 11.1 Å². The third-order valence-electron chi connectivity index (χ3n) is 9.89. The van der Waals surface area contributed by atoms with Crippen LogP contribution < -0.4 is 0 Å². The number of fused-ring (bicyclic) bond motifs is 5. The van der Waals surface area contributed by atoms with E-state index in [0.717, 1.165) is 36.5 Å². The summed E-state index contributed by atoms with van der Waals surface area (Å²) in [5.74, 6) is 3.31. The van der Waals surface area contributed by atoms with Crippen molar-refractivity contribution in [1.29, 1.82) is 0 Å². The Hall–Kier alpha value is -0.560. The predicted octanol–water partition coefficient (Wildman–Crippen LogP) is 7.70. The summed E-state index contributed by atoms with van der Waals surface area (Å²) < 4.78 is 0. The molecule has 0 aromatic rings. The lowest BCUT2D eigenvalue weighted by Gasteiger charge is -2.55. The van der Waals surface area contributed by atoms with Crippen LogP contribution >= 0.6 is 0 Å². The Morgan fingerprint density at radius 2 is 1.79 bits per heavy atom. The van der Waals surface area contributed by atoms with Gasteiger partial charge in [-0.25, -0.2) is 0 Å². The highest BCUT2D eigenvalue weighted by molar-refractivity contribution is 5.38. The summed E-state index contributed by atoms with van der Waals surface area (Å²) in [6.07, 6.45) is 17.7. The van der Waals surface area contributed by atoms with Crippen LogP contribution in [0.2, 0.25) is 0 Å². The van der Waals surface area contributed by atoms with Crippen molar-refractivity contribution in [2.45, 2.75) is 112 Å². The second kappa shape index (κ2) is 7.54. The number of allylic oxidation sites excluding steroid dienone is 3. The average Bonchev–Trinajstić information content (AvgIpc) is 2.98. The van der Waals surface area contributed by atoms with Crippen molar-refractivity contribution in [2.75, 3.05) is 0 Å². The molecule has 1 nitrogen and oxygen atoms in total. The summed E-state index contributed by atoms with van der Waals surface area (Å²) in [7, 11) is 0. The predicted molar refractivity (Wildman–Crippen MR) is 124 cm³/mol. The van der Waals surface area contributed by atoms with Gasteiger partial charge >= 0.3 is 0 Å². The number of aliphatic hydroxyl groups excluding tert-OH is 1. The smallest absolute Gasteiger partial charge is 0.0578 e. The third kappa shape index (κ3) is 3.79. The molecule has 4 aliphatic rings. The van der Waals surface area contributed by atoms with E-state index in [4.69, 9.17) is 0 Å². The van der Waals surface area contributed by atoms with Crippen molar-refractivity contribution >= 4 is 0 Å². The van der Waals surface area contributed by atoms with Gasteiger partial charge in [0, 0.05) is 0 Å². The van der Waals surface area contributed by atoms with Gasteiger partial charge in [-0.05, 0) is 91.3 Å². The summed E-state index contributed by atoms with van der Waals surface area (Å²) >= 11 is 0. The molecule has 0 amide bonds. The standard InChI is InChI=1S/C28H46O/c1-19(8-7-15-26(2,3)4)23-11-12-24-22-10-9-20-18-21(29)13-16-27(20,5)25(22)14-17-28(23,24)6/h9-10,19,21,23-25,29H,7-8,11-18H2,1-6H3/t19-,21+,23-,24?,25?,27+,28-/m1/s1. The minimum Gasteiger partial charge on any atom is -0.393 e. The lowest BCUT2D eigenvalue weighted by atomic mass is 9.50. The maximum atomic E-state index is 10.2. The highest BCUT2D eigenvalue weighted by Gasteiger charge is 2.56. The van der Waals surface area contributed by atoms with E-state index in [1.165, 1.54) is 51.4 Å². The molecule has 1 heteroatoms. The Bertz CT molecular complexity index is 679. The van der Waals surface area contributed by atoms with Gasteiger partial charge < -0.3 is 5.11 Å². The van der Waals surface area contributed by atoms with Crippen molar-refractivity contribution in [3.8, 4) is 0 Å². The molecule has 0 aromatic heterocycles. The van der Waals surface area contributed by atoms with E-state index in [1.807, 2.05) is 0 Å². The van der Waals surface area contributed by atoms with Crippen LogP contribution in [0.3, 0.4) is 0 Å². The Labute approximate surface area is 180 Å². The molecule has 0 radical (unpaired) electrons.